The number of carboxylic acids is 1. The van der Waals surface area contributed by atoms with Crippen LogP contribution in [-0.4, -0.2) is 29.4 Å². The van der Waals surface area contributed by atoms with Gasteiger partial charge in [0.15, 0.2) is 0 Å². The molecule has 0 aliphatic heterocycles. The molecule has 136 valence electrons. The molecule has 6 heteroatoms. The largest absolute Gasteiger partial charge is 0.480 e. The first kappa shape index (κ1) is 19.2. The molecular weight excluding hydrogens is 332 g/mol. The molecule has 0 saturated heterocycles. The lowest BCUT2D eigenvalue weighted by Crippen LogP contribution is -2.29. The highest BCUT2D eigenvalue weighted by Crippen LogP contribution is 2.23. The Kier molecular flexibility index (Phi) is 6.91. The standard InChI is InChI=1S/C20H22N2O4/c1-2-14(15-6-4-3-5-7-15)12-18(23)22-17-10-8-16(9-11-17)20(26)21-13-19(24)25/h3-11,14H,2,12-13H2,1H3,(H,21,26)(H,22,23)(H,24,25). The van der Waals surface area contributed by atoms with Crippen LogP contribution in [-0.2, 0) is 9.59 Å². The van der Waals surface area contributed by atoms with Crippen LogP contribution in [0.3, 0.4) is 0 Å². The second-order valence-corrected chi connectivity index (χ2v) is 5.92. The van der Waals surface area contributed by atoms with Crippen LogP contribution in [0.4, 0.5) is 5.69 Å². The molecule has 26 heavy (non-hydrogen) atoms. The zero-order chi connectivity index (χ0) is 18.9. The number of carbonyl (C=O) groups excluding carboxylic acids is 2. The second kappa shape index (κ2) is 9.36. The molecule has 0 heterocycles. The third kappa shape index (κ3) is 5.73. The van der Waals surface area contributed by atoms with Crippen LogP contribution < -0.4 is 10.6 Å². The number of nitrogens with one attached hydrogen (secondary N) is 2. The molecule has 0 bridgehead atoms. The van der Waals surface area contributed by atoms with E-state index in [2.05, 4.69) is 17.6 Å². The van der Waals surface area contributed by atoms with E-state index in [0.717, 1.165) is 12.0 Å². The molecule has 3 N–H and O–H groups in total. The molecule has 0 radical (unpaired) electrons. The van der Waals surface area contributed by atoms with Gasteiger partial charge < -0.3 is 15.7 Å². The fraction of sp³-hybridized carbons (Fsp3) is 0.250. The number of anilines is 1. The lowest BCUT2D eigenvalue weighted by atomic mass is 9.93. The first-order valence-electron chi connectivity index (χ1n) is 8.44. The van der Waals surface area contributed by atoms with Crippen molar-refractivity contribution in [3.63, 3.8) is 0 Å². The maximum absolute atomic E-state index is 12.3. The van der Waals surface area contributed by atoms with E-state index in [1.807, 2.05) is 30.3 Å². The molecule has 1 atom stereocenters. The molecule has 0 aliphatic rings. The topological polar surface area (TPSA) is 95.5 Å². The highest BCUT2D eigenvalue weighted by Gasteiger charge is 2.14. The van der Waals surface area contributed by atoms with Gasteiger partial charge in [-0.05, 0) is 42.2 Å². The van der Waals surface area contributed by atoms with E-state index in [-0.39, 0.29) is 11.8 Å². The smallest absolute Gasteiger partial charge is 0.322 e. The Labute approximate surface area is 152 Å². The van der Waals surface area contributed by atoms with E-state index in [1.54, 1.807) is 24.3 Å². The monoisotopic (exact) mass is 354 g/mol. The normalized spacial score (nSPS) is 11.4. The van der Waals surface area contributed by atoms with Gasteiger partial charge in [-0.3, -0.25) is 14.4 Å². The van der Waals surface area contributed by atoms with E-state index in [0.29, 0.717) is 17.7 Å². The summed E-state index contributed by atoms with van der Waals surface area (Å²) >= 11 is 0. The van der Waals surface area contributed by atoms with Crippen molar-refractivity contribution in [2.75, 3.05) is 11.9 Å². The quantitative estimate of drug-likeness (QED) is 0.679. The van der Waals surface area contributed by atoms with E-state index < -0.39 is 18.4 Å². The predicted molar refractivity (Wildman–Crippen MR) is 99.1 cm³/mol. The Morgan fingerprint density at radius 3 is 2.23 bits per heavy atom. The summed E-state index contributed by atoms with van der Waals surface area (Å²) in [4.78, 5) is 34.5. The van der Waals surface area contributed by atoms with Gasteiger partial charge in [0.25, 0.3) is 5.91 Å². The summed E-state index contributed by atoms with van der Waals surface area (Å²) in [5.41, 5.74) is 2.06. The van der Waals surface area contributed by atoms with E-state index in [1.165, 1.54) is 0 Å². The van der Waals surface area contributed by atoms with Gasteiger partial charge in [0.2, 0.25) is 5.91 Å². The van der Waals surface area contributed by atoms with Gasteiger partial charge in [-0.1, -0.05) is 37.3 Å². The Hall–Kier alpha value is -3.15. The number of carbonyl (C=O) groups is 3. The number of hydrogen-bond acceptors (Lipinski definition) is 3. The molecule has 0 aromatic heterocycles. The number of carboxylic acid groups (broad SMARTS) is 1. The van der Waals surface area contributed by atoms with Gasteiger partial charge in [-0.25, -0.2) is 0 Å². The summed E-state index contributed by atoms with van der Waals surface area (Å²) in [6.45, 7) is 1.62. The average Bonchev–Trinajstić information content (AvgIpc) is 2.65. The first-order chi connectivity index (χ1) is 12.5. The summed E-state index contributed by atoms with van der Waals surface area (Å²) in [5.74, 6) is -1.52. The highest BCUT2D eigenvalue weighted by molar-refractivity contribution is 5.97. The van der Waals surface area contributed by atoms with Crippen molar-refractivity contribution in [3.8, 4) is 0 Å². The molecule has 2 aromatic rings. The minimum Gasteiger partial charge on any atom is -0.480 e. The van der Waals surface area contributed by atoms with E-state index in [4.69, 9.17) is 5.11 Å². The summed E-state index contributed by atoms with van der Waals surface area (Å²) in [6, 6.07) is 16.2. The van der Waals surface area contributed by atoms with Gasteiger partial charge in [0.1, 0.15) is 6.54 Å². The number of amides is 2. The van der Waals surface area contributed by atoms with Crippen LogP contribution in [0.2, 0.25) is 0 Å². The maximum Gasteiger partial charge on any atom is 0.322 e. The van der Waals surface area contributed by atoms with Crippen molar-refractivity contribution in [1.29, 1.82) is 0 Å². The molecule has 0 fully saturated rings. The Bertz CT molecular complexity index is 757. The zero-order valence-electron chi connectivity index (χ0n) is 14.6. The van der Waals surface area contributed by atoms with Gasteiger partial charge >= 0.3 is 5.97 Å². The lowest BCUT2D eigenvalue weighted by Gasteiger charge is -2.15. The predicted octanol–water partition coefficient (Wildman–Crippen LogP) is 3.02. The van der Waals surface area contributed by atoms with Crippen LogP contribution in [0.5, 0.6) is 0 Å². The van der Waals surface area contributed by atoms with Crippen molar-refractivity contribution in [2.24, 2.45) is 0 Å². The molecule has 0 aliphatic carbocycles. The molecular formula is C20H22N2O4. The number of rotatable bonds is 8. The van der Waals surface area contributed by atoms with Gasteiger partial charge in [-0.2, -0.15) is 0 Å². The fourth-order valence-electron chi connectivity index (χ4n) is 2.62. The average molecular weight is 354 g/mol. The van der Waals surface area contributed by atoms with E-state index in [9.17, 15) is 14.4 Å². The van der Waals surface area contributed by atoms with Crippen LogP contribution in [0.15, 0.2) is 54.6 Å². The molecule has 2 rings (SSSR count). The number of hydrogen-bond donors (Lipinski definition) is 3. The van der Waals surface area contributed by atoms with Gasteiger partial charge in [-0.15, -0.1) is 0 Å². The van der Waals surface area contributed by atoms with Crippen LogP contribution in [0.1, 0.15) is 41.6 Å². The molecule has 2 aromatic carbocycles. The van der Waals surface area contributed by atoms with Crippen molar-refractivity contribution in [1.82, 2.24) is 5.32 Å². The zero-order valence-corrected chi connectivity index (χ0v) is 14.6. The lowest BCUT2D eigenvalue weighted by molar-refractivity contribution is -0.135. The van der Waals surface area contributed by atoms with Crippen LogP contribution >= 0.6 is 0 Å². The molecule has 2 amide bonds. The molecule has 0 saturated carbocycles. The number of aliphatic carboxylic acids is 1. The van der Waals surface area contributed by atoms with Crippen LogP contribution in [0.25, 0.3) is 0 Å². The Balaban J connectivity index is 1.92. The third-order valence-electron chi connectivity index (χ3n) is 4.03. The van der Waals surface area contributed by atoms with Crippen molar-refractivity contribution >= 4 is 23.5 Å². The Morgan fingerprint density at radius 2 is 1.65 bits per heavy atom. The molecule has 0 spiro atoms. The summed E-state index contributed by atoms with van der Waals surface area (Å²) in [7, 11) is 0. The van der Waals surface area contributed by atoms with Gasteiger partial charge in [0.05, 0.1) is 0 Å². The maximum atomic E-state index is 12.3. The fourth-order valence-corrected chi connectivity index (χ4v) is 2.62. The molecule has 1 unspecified atom stereocenters. The summed E-state index contributed by atoms with van der Waals surface area (Å²) in [5, 5.41) is 13.7. The van der Waals surface area contributed by atoms with Crippen molar-refractivity contribution in [2.45, 2.75) is 25.7 Å². The molecule has 6 nitrogen and oxygen atoms in total. The summed E-state index contributed by atoms with van der Waals surface area (Å²) < 4.78 is 0. The minimum atomic E-state index is -1.11. The van der Waals surface area contributed by atoms with E-state index >= 15 is 0 Å². The Morgan fingerprint density at radius 1 is 1.00 bits per heavy atom. The SMILES string of the molecule is CCC(CC(=O)Nc1ccc(C(=O)NCC(=O)O)cc1)c1ccccc1. The third-order valence-corrected chi connectivity index (χ3v) is 4.03. The minimum absolute atomic E-state index is 0.0937. The number of benzene rings is 2. The highest BCUT2D eigenvalue weighted by atomic mass is 16.4. The first-order valence-corrected chi connectivity index (χ1v) is 8.44. The van der Waals surface area contributed by atoms with Crippen molar-refractivity contribution in [3.05, 3.63) is 65.7 Å². The van der Waals surface area contributed by atoms with Crippen molar-refractivity contribution < 1.29 is 19.5 Å². The van der Waals surface area contributed by atoms with Gasteiger partial charge in [0, 0.05) is 17.7 Å². The summed E-state index contributed by atoms with van der Waals surface area (Å²) in [6.07, 6.45) is 1.24. The van der Waals surface area contributed by atoms with Crippen LogP contribution in [0, 0.1) is 0 Å². The second-order valence-electron chi connectivity index (χ2n) is 5.92.